The van der Waals surface area contributed by atoms with E-state index < -0.39 is 24.3 Å². The third-order valence-electron chi connectivity index (χ3n) is 0.463. The summed E-state index contributed by atoms with van der Waals surface area (Å²) in [7, 11) is 0. The Morgan fingerprint density at radius 2 is 0.800 bits per heavy atom. The Morgan fingerprint density at radius 1 is 0.733 bits per heavy atom. The molecule has 0 rings (SSSR count). The van der Waals surface area contributed by atoms with Crippen LogP contribution in [0.25, 0.3) is 0 Å². The van der Waals surface area contributed by atoms with Crippen molar-refractivity contribution in [1.82, 2.24) is 0 Å². The minimum absolute atomic E-state index is 0. The molecule has 0 N–H and O–H groups in total. The van der Waals surface area contributed by atoms with Crippen LogP contribution in [0.4, 0.5) is 26.3 Å². The average molecular weight is 347 g/mol. The normalized spacial score (nSPS) is 10.5. The van der Waals surface area contributed by atoms with Gasteiger partial charge in [0, 0.05) is 0 Å². The molecule has 0 aromatic carbocycles. The van der Waals surface area contributed by atoms with Gasteiger partial charge >= 0.3 is 36.3 Å². The predicted molar refractivity (Wildman–Crippen MR) is 30.7 cm³/mol. The third kappa shape index (κ3) is 13.3. The van der Waals surface area contributed by atoms with Crippen LogP contribution in [0.3, 0.4) is 0 Å². The quantitative estimate of drug-likeness (QED) is 0.364. The zero-order chi connectivity index (χ0) is 12.2. The van der Waals surface area contributed by atoms with Crippen molar-refractivity contribution in [2.24, 2.45) is 0 Å². The second-order valence-corrected chi connectivity index (χ2v) is 1.57. The van der Waals surface area contributed by atoms with Crippen LogP contribution in [0.5, 0.6) is 0 Å². The molecule has 0 saturated heterocycles. The maximum atomic E-state index is 10.5. The minimum atomic E-state index is -5.19. The van der Waals surface area contributed by atoms with E-state index in [1.807, 2.05) is 0 Å². The fourth-order valence-corrected chi connectivity index (χ4v) is 0. The Hall–Kier alpha value is -0.681. The number of carbonyl (C=O) groups excluding carboxylic acids is 2. The van der Waals surface area contributed by atoms with Crippen molar-refractivity contribution < 1.29 is 46.1 Å². The van der Waals surface area contributed by atoms with Gasteiger partial charge in [-0.1, -0.05) is 0 Å². The Labute approximate surface area is 94.8 Å². The molecule has 15 heavy (non-hydrogen) atoms. The molecule has 88 valence electrons. The first-order valence-corrected chi connectivity index (χ1v) is 2.45. The van der Waals surface area contributed by atoms with E-state index >= 15 is 0 Å². The third-order valence-corrected chi connectivity index (χ3v) is 0.463. The van der Waals surface area contributed by atoms with E-state index in [4.69, 9.17) is 19.8 Å². The zero-order valence-corrected chi connectivity index (χ0v) is 10.6. The van der Waals surface area contributed by atoms with E-state index in [2.05, 4.69) is 0 Å². The second kappa shape index (κ2) is 6.74. The summed E-state index contributed by atoms with van der Waals surface area (Å²) in [5.74, 6) is -6.01. The molecular formula is C4H2F6O4Sn. The first-order chi connectivity index (χ1) is 5.89. The van der Waals surface area contributed by atoms with Gasteiger partial charge in [0.1, 0.15) is 11.9 Å². The monoisotopic (exact) mass is 348 g/mol. The predicted octanol–water partition coefficient (Wildman–Crippen LogP) is -2.32. The number of aliphatic carboxylic acids is 2. The van der Waals surface area contributed by atoms with Gasteiger partial charge in [-0.15, -0.1) is 0 Å². The molecule has 0 unspecified atom stereocenters. The zero-order valence-electron chi connectivity index (χ0n) is 6.61. The van der Waals surface area contributed by atoms with Crippen LogP contribution in [0.2, 0.25) is 0 Å². The van der Waals surface area contributed by atoms with E-state index in [-0.39, 0.29) is 23.9 Å². The molecule has 0 spiro atoms. The first-order valence-electron chi connectivity index (χ1n) is 2.45. The van der Waals surface area contributed by atoms with Gasteiger partial charge in [-0.3, -0.25) is 0 Å². The summed E-state index contributed by atoms with van der Waals surface area (Å²) in [4.78, 5) is 17.6. The van der Waals surface area contributed by atoms with Crippen LogP contribution < -0.4 is 10.2 Å². The number of carboxylic acid groups (broad SMARTS) is 2. The molecule has 0 bridgehead atoms. The Bertz CT molecular complexity index is 196. The van der Waals surface area contributed by atoms with Crippen LogP contribution in [-0.2, 0) is 9.59 Å². The van der Waals surface area contributed by atoms with Gasteiger partial charge in [-0.05, 0) is 0 Å². The SMILES string of the molecule is O=C([O-])C(F)(F)F.O=C([O-])C(F)(F)F.[SnH2+2]. The fraction of sp³-hybridized carbons (Fsp3) is 0.500. The van der Waals surface area contributed by atoms with Crippen molar-refractivity contribution >= 4 is 35.8 Å². The summed E-state index contributed by atoms with van der Waals surface area (Å²) in [5, 5.41) is 17.6. The Morgan fingerprint density at radius 3 is 0.800 bits per heavy atom. The van der Waals surface area contributed by atoms with Crippen LogP contribution in [0.15, 0.2) is 0 Å². The molecular weight excluding hydrogens is 345 g/mol. The van der Waals surface area contributed by atoms with Crippen LogP contribution in [-0.4, -0.2) is 48.2 Å². The molecule has 4 nitrogen and oxygen atoms in total. The van der Waals surface area contributed by atoms with Crippen LogP contribution in [0, 0.1) is 0 Å². The van der Waals surface area contributed by atoms with E-state index in [0.717, 1.165) is 0 Å². The van der Waals surface area contributed by atoms with E-state index in [1.165, 1.54) is 0 Å². The molecule has 0 aromatic heterocycles. The molecule has 0 aliphatic carbocycles. The van der Waals surface area contributed by atoms with Gasteiger partial charge in [0.25, 0.3) is 0 Å². The van der Waals surface area contributed by atoms with Crippen LogP contribution in [0.1, 0.15) is 0 Å². The Kier molecular flexibility index (Phi) is 8.91. The van der Waals surface area contributed by atoms with Crippen molar-refractivity contribution in [3.05, 3.63) is 0 Å². The summed E-state index contributed by atoms with van der Waals surface area (Å²) in [6, 6.07) is 0. The summed E-state index contributed by atoms with van der Waals surface area (Å²) in [6.07, 6.45) is -10.4. The average Bonchev–Trinajstić information content (AvgIpc) is 1.83. The summed E-state index contributed by atoms with van der Waals surface area (Å²) in [6.45, 7) is 0. The number of rotatable bonds is 0. The first kappa shape index (κ1) is 19.8. The molecule has 0 fully saturated rings. The number of carboxylic acids is 2. The van der Waals surface area contributed by atoms with Gasteiger partial charge in [-0.2, -0.15) is 26.3 Å². The van der Waals surface area contributed by atoms with Crippen LogP contribution >= 0.6 is 0 Å². The van der Waals surface area contributed by atoms with Crippen molar-refractivity contribution in [3.8, 4) is 0 Å². The topological polar surface area (TPSA) is 80.3 Å². The summed E-state index contributed by atoms with van der Waals surface area (Å²) >= 11 is 0. The van der Waals surface area contributed by atoms with Gasteiger partial charge in [-0.25, -0.2) is 0 Å². The number of hydrogen-bond acceptors (Lipinski definition) is 4. The van der Waals surface area contributed by atoms with Crippen molar-refractivity contribution in [2.45, 2.75) is 12.4 Å². The number of halogens is 6. The fourth-order valence-electron chi connectivity index (χ4n) is 0. The molecule has 0 atom stereocenters. The Balaban J connectivity index is -0.000000180. The summed E-state index contributed by atoms with van der Waals surface area (Å²) < 4.78 is 63.1. The number of carbonyl (C=O) groups is 2. The maximum absolute atomic E-state index is 10.5. The standard InChI is InChI=1S/2C2HF3O2.Sn.2H/c2*3-2(4,5)1(6)7;;;/h2*(H,6,7);;;/q;;+2;;/p-2. The second-order valence-electron chi connectivity index (χ2n) is 1.57. The van der Waals surface area contributed by atoms with Gasteiger partial charge < -0.3 is 19.8 Å². The molecule has 0 aliphatic rings. The number of alkyl halides is 6. The van der Waals surface area contributed by atoms with E-state index in [9.17, 15) is 26.3 Å². The van der Waals surface area contributed by atoms with Crippen molar-refractivity contribution in [1.29, 1.82) is 0 Å². The number of hydrogen-bond donors (Lipinski definition) is 0. The van der Waals surface area contributed by atoms with Crippen molar-refractivity contribution in [2.75, 3.05) is 0 Å². The van der Waals surface area contributed by atoms with E-state index in [1.54, 1.807) is 0 Å². The summed E-state index contributed by atoms with van der Waals surface area (Å²) in [5.41, 5.74) is 0. The van der Waals surface area contributed by atoms with E-state index in [0.29, 0.717) is 0 Å². The molecule has 0 aliphatic heterocycles. The van der Waals surface area contributed by atoms with Crippen molar-refractivity contribution in [3.63, 3.8) is 0 Å². The van der Waals surface area contributed by atoms with Gasteiger partial charge in [0.2, 0.25) is 0 Å². The van der Waals surface area contributed by atoms with Gasteiger partial charge in [0.15, 0.2) is 0 Å². The molecule has 0 radical (unpaired) electrons. The molecule has 0 amide bonds. The molecule has 11 heteroatoms. The molecule has 0 aromatic rings. The molecule has 0 saturated carbocycles. The molecule has 0 heterocycles. The van der Waals surface area contributed by atoms with Gasteiger partial charge in [0.05, 0.1) is 0 Å².